The smallest absolute Gasteiger partial charge is 0.248 e. The fourth-order valence-corrected chi connectivity index (χ4v) is 4.82. The molecule has 0 N–H and O–H groups in total. The number of ether oxygens (including phenoxy) is 1. The van der Waals surface area contributed by atoms with Crippen molar-refractivity contribution in [1.82, 2.24) is 4.40 Å². The van der Waals surface area contributed by atoms with Gasteiger partial charge < -0.3 is 9.14 Å². The first-order chi connectivity index (χ1) is 13.4. The van der Waals surface area contributed by atoms with Crippen molar-refractivity contribution in [2.75, 3.05) is 13.2 Å². The Kier molecular flexibility index (Phi) is 5.75. The average Bonchev–Trinajstić information content (AvgIpc) is 3.30. The number of ketones is 1. The minimum Gasteiger partial charge on any atom is -0.381 e. The highest BCUT2D eigenvalue weighted by atomic mass is 35.5. The third-order valence-electron chi connectivity index (χ3n) is 6.26. The second-order valence-electron chi connectivity index (χ2n) is 8.32. The van der Waals surface area contributed by atoms with Crippen molar-refractivity contribution in [2.24, 2.45) is 11.8 Å². The molecule has 2 aliphatic rings. The quantitative estimate of drug-likeness (QED) is 0.551. The van der Waals surface area contributed by atoms with Gasteiger partial charge in [0.15, 0.2) is 5.78 Å². The number of halogens is 3. The van der Waals surface area contributed by atoms with Crippen LogP contribution < -0.4 is 0 Å². The molecule has 1 atom stereocenters. The Labute approximate surface area is 169 Å². The van der Waals surface area contributed by atoms with Crippen LogP contribution in [0.5, 0.6) is 0 Å². The molecule has 0 spiro atoms. The fourth-order valence-electron chi connectivity index (χ4n) is 4.55. The molecule has 3 nitrogen and oxygen atoms in total. The highest BCUT2D eigenvalue weighted by molar-refractivity contribution is 6.35. The fraction of sp³-hybridized carbons (Fsp3) is 0.591. The zero-order valence-electron chi connectivity index (χ0n) is 15.9. The lowest BCUT2D eigenvalue weighted by Crippen LogP contribution is -2.24. The van der Waals surface area contributed by atoms with Crippen LogP contribution >= 0.6 is 11.6 Å². The Morgan fingerprint density at radius 3 is 2.75 bits per heavy atom. The van der Waals surface area contributed by atoms with Gasteiger partial charge in [0.05, 0.1) is 10.5 Å². The van der Waals surface area contributed by atoms with Gasteiger partial charge in [0.1, 0.15) is 0 Å². The highest BCUT2D eigenvalue weighted by Gasteiger charge is 2.35. The van der Waals surface area contributed by atoms with E-state index in [0.29, 0.717) is 42.2 Å². The number of alkyl halides is 2. The molecule has 1 saturated heterocycles. The van der Waals surface area contributed by atoms with E-state index in [4.69, 9.17) is 16.3 Å². The van der Waals surface area contributed by atoms with Crippen molar-refractivity contribution in [2.45, 2.75) is 57.3 Å². The van der Waals surface area contributed by atoms with E-state index in [1.54, 1.807) is 6.07 Å². The summed E-state index contributed by atoms with van der Waals surface area (Å²) in [5.41, 5.74) is 2.49. The second kappa shape index (κ2) is 8.11. The number of aromatic nitrogens is 1. The van der Waals surface area contributed by atoms with Gasteiger partial charge >= 0.3 is 0 Å². The van der Waals surface area contributed by atoms with Crippen LogP contribution in [0.25, 0.3) is 5.52 Å². The summed E-state index contributed by atoms with van der Waals surface area (Å²) in [7, 11) is 0. The van der Waals surface area contributed by atoms with Gasteiger partial charge in [-0.15, -0.1) is 0 Å². The molecule has 6 heteroatoms. The summed E-state index contributed by atoms with van der Waals surface area (Å²) < 4.78 is 34.2. The molecule has 0 bridgehead atoms. The third kappa shape index (κ3) is 4.25. The van der Waals surface area contributed by atoms with Gasteiger partial charge in [-0.25, -0.2) is 8.78 Å². The number of hydrogen-bond acceptors (Lipinski definition) is 2. The molecule has 2 fully saturated rings. The molecule has 0 radical (unpaired) electrons. The van der Waals surface area contributed by atoms with Gasteiger partial charge in [0.2, 0.25) is 5.92 Å². The lowest BCUT2D eigenvalue weighted by atomic mass is 9.83. The molecule has 0 amide bonds. The number of hydrogen-bond donors (Lipinski definition) is 0. The number of fused-ring (bicyclic) bond motifs is 1. The van der Waals surface area contributed by atoms with Crippen molar-refractivity contribution >= 4 is 22.9 Å². The molecule has 2 aromatic rings. The number of pyridine rings is 1. The van der Waals surface area contributed by atoms with Gasteiger partial charge in [0, 0.05) is 49.9 Å². The topological polar surface area (TPSA) is 30.7 Å². The van der Waals surface area contributed by atoms with Crippen molar-refractivity contribution in [1.29, 1.82) is 0 Å². The predicted molar refractivity (Wildman–Crippen MR) is 106 cm³/mol. The predicted octanol–water partition coefficient (Wildman–Crippen LogP) is 5.96. The number of Topliss-reactive ketones (excluding diaryl/α,β-unsaturated/α-hetero) is 1. The maximum Gasteiger partial charge on any atom is 0.248 e. The summed E-state index contributed by atoms with van der Waals surface area (Å²) in [5.74, 6) is -1.80. The Morgan fingerprint density at radius 2 is 2.04 bits per heavy atom. The van der Waals surface area contributed by atoms with E-state index in [9.17, 15) is 13.6 Å². The first kappa shape index (κ1) is 19.8. The Morgan fingerprint density at radius 1 is 1.25 bits per heavy atom. The molecular weight excluding hydrogens is 384 g/mol. The van der Waals surface area contributed by atoms with Gasteiger partial charge in [-0.1, -0.05) is 11.6 Å². The average molecular weight is 410 g/mol. The van der Waals surface area contributed by atoms with Crippen LogP contribution in [0, 0.1) is 11.8 Å². The van der Waals surface area contributed by atoms with E-state index < -0.39 is 5.92 Å². The lowest BCUT2D eigenvalue weighted by molar-refractivity contribution is -0.0464. The van der Waals surface area contributed by atoms with Crippen LogP contribution in [-0.4, -0.2) is 29.3 Å². The summed E-state index contributed by atoms with van der Waals surface area (Å²) in [6.45, 7) is 1.55. The molecule has 0 unspecified atom stereocenters. The molecule has 1 saturated carbocycles. The number of nitrogens with zero attached hydrogens (tertiary/aromatic N) is 1. The third-order valence-corrected chi connectivity index (χ3v) is 6.56. The van der Waals surface area contributed by atoms with E-state index in [1.165, 1.54) is 0 Å². The van der Waals surface area contributed by atoms with Gasteiger partial charge in [-0.3, -0.25) is 4.79 Å². The monoisotopic (exact) mass is 409 g/mol. The lowest BCUT2D eigenvalue weighted by Gasteiger charge is -2.27. The van der Waals surface area contributed by atoms with Crippen LogP contribution in [0.2, 0.25) is 5.02 Å². The molecule has 4 rings (SSSR count). The number of carbonyl (C=O) groups excluding carboxylic acids is 1. The van der Waals surface area contributed by atoms with Gasteiger partial charge in [-0.05, 0) is 62.1 Å². The minimum atomic E-state index is -2.52. The normalized spacial score (nSPS) is 22.8. The van der Waals surface area contributed by atoms with Crippen molar-refractivity contribution in [3.05, 3.63) is 40.7 Å². The molecule has 1 aliphatic carbocycles. The van der Waals surface area contributed by atoms with Crippen molar-refractivity contribution in [3.8, 4) is 0 Å². The van der Waals surface area contributed by atoms with Crippen LogP contribution in [0.15, 0.2) is 24.4 Å². The van der Waals surface area contributed by atoms with E-state index in [1.807, 2.05) is 22.7 Å². The molecule has 0 aromatic carbocycles. The Balaban J connectivity index is 1.50. The summed E-state index contributed by atoms with van der Waals surface area (Å²) >= 11 is 6.44. The maximum atomic E-state index is 13.3. The number of rotatable bonds is 6. The molecule has 152 valence electrons. The van der Waals surface area contributed by atoms with Crippen LogP contribution in [0.1, 0.15) is 61.0 Å². The zero-order chi connectivity index (χ0) is 19.7. The largest absolute Gasteiger partial charge is 0.381 e. The summed E-state index contributed by atoms with van der Waals surface area (Å²) in [6.07, 6.45) is 5.79. The molecular formula is C22H26ClF2NO2. The van der Waals surface area contributed by atoms with Gasteiger partial charge in [0.25, 0.3) is 0 Å². The SMILES string of the molecule is O=C(CCC1CCC(F)(F)CC1)c1cc(C[C@H]2CCOC2)n2cccc(Cl)c12. The Bertz CT molecular complexity index is 848. The highest BCUT2D eigenvalue weighted by Crippen LogP contribution is 2.38. The van der Waals surface area contributed by atoms with E-state index in [0.717, 1.165) is 37.3 Å². The van der Waals surface area contributed by atoms with Crippen LogP contribution in [0.4, 0.5) is 8.78 Å². The standard InChI is InChI=1S/C22H26ClF2NO2/c23-19-2-1-10-26-17(12-16-7-11-28-14-16)13-18(21(19)26)20(27)4-3-15-5-8-22(24,25)9-6-15/h1-2,10,13,15-16H,3-9,11-12,14H2/t16-/m1/s1. The second-order valence-corrected chi connectivity index (χ2v) is 8.73. The summed E-state index contributed by atoms with van der Waals surface area (Å²) in [5, 5.41) is 0.567. The van der Waals surface area contributed by atoms with Gasteiger partial charge in [-0.2, -0.15) is 0 Å². The summed E-state index contributed by atoms with van der Waals surface area (Å²) in [6, 6.07) is 5.66. The van der Waals surface area contributed by atoms with E-state index >= 15 is 0 Å². The van der Waals surface area contributed by atoms with E-state index in [2.05, 4.69) is 0 Å². The minimum absolute atomic E-state index is 0.0526. The maximum absolute atomic E-state index is 13.3. The molecule has 28 heavy (non-hydrogen) atoms. The molecule has 1 aliphatic heterocycles. The van der Waals surface area contributed by atoms with Crippen LogP contribution in [-0.2, 0) is 11.2 Å². The van der Waals surface area contributed by atoms with Crippen molar-refractivity contribution < 1.29 is 18.3 Å². The molecule has 2 aromatic heterocycles. The van der Waals surface area contributed by atoms with Crippen molar-refractivity contribution in [3.63, 3.8) is 0 Å². The first-order valence-electron chi connectivity index (χ1n) is 10.2. The van der Waals surface area contributed by atoms with Crippen LogP contribution in [0.3, 0.4) is 0 Å². The van der Waals surface area contributed by atoms with E-state index in [-0.39, 0.29) is 24.5 Å². The zero-order valence-corrected chi connectivity index (χ0v) is 16.7. The summed E-state index contributed by atoms with van der Waals surface area (Å²) in [4.78, 5) is 13.0. The number of carbonyl (C=O) groups is 1. The Hall–Kier alpha value is -1.46. The first-order valence-corrected chi connectivity index (χ1v) is 10.6. The molecule has 3 heterocycles.